The highest BCUT2D eigenvalue weighted by molar-refractivity contribution is 5.95. The van der Waals surface area contributed by atoms with Crippen LogP contribution in [0.1, 0.15) is 56.3 Å². The van der Waals surface area contributed by atoms with Gasteiger partial charge < -0.3 is 21.1 Å². The molecule has 1 aromatic carbocycles. The zero-order chi connectivity index (χ0) is 19.2. The summed E-state index contributed by atoms with van der Waals surface area (Å²) in [6.07, 6.45) is 3.98. The smallest absolute Gasteiger partial charge is 0.319 e. The highest BCUT2D eigenvalue weighted by Crippen LogP contribution is 2.36. The monoisotopic (exact) mass is 361 g/mol. The maximum atomic E-state index is 12.3. The predicted octanol–water partition coefficient (Wildman–Crippen LogP) is 2.98. The number of carbonyl (C=O) groups is 3. The third kappa shape index (κ3) is 5.21. The van der Waals surface area contributed by atoms with E-state index >= 15 is 0 Å². The van der Waals surface area contributed by atoms with Gasteiger partial charge in [-0.15, -0.1) is 0 Å². The summed E-state index contributed by atoms with van der Waals surface area (Å²) in [5.74, 6) is -1.15. The minimum absolute atomic E-state index is 0.0291. The van der Waals surface area contributed by atoms with Crippen LogP contribution in [-0.2, 0) is 4.79 Å². The number of amides is 3. The number of urea groups is 1. The van der Waals surface area contributed by atoms with Gasteiger partial charge in [-0.1, -0.05) is 19.3 Å². The molecule has 4 N–H and O–H groups in total. The molecule has 0 radical (unpaired) electrons. The standard InChI is InChI=1S/C19H27N3O4/c1-13(2)21-18(26)22-15-8-6-14(7-9-15)16(23)20-12-19(17(24)25)10-4-3-5-11-19/h6-9,13H,3-5,10-12H2,1-2H3,(H,20,23)(H,24,25)(H2,21,22,26). The summed E-state index contributed by atoms with van der Waals surface area (Å²) >= 11 is 0. The van der Waals surface area contributed by atoms with Gasteiger partial charge in [0.1, 0.15) is 0 Å². The molecule has 7 heteroatoms. The SMILES string of the molecule is CC(C)NC(=O)Nc1ccc(C(=O)NCC2(C(=O)O)CCCCC2)cc1. The molecule has 0 heterocycles. The zero-order valence-electron chi connectivity index (χ0n) is 15.3. The van der Waals surface area contributed by atoms with Crippen molar-refractivity contribution in [3.05, 3.63) is 29.8 Å². The highest BCUT2D eigenvalue weighted by atomic mass is 16.4. The third-order valence-electron chi connectivity index (χ3n) is 4.68. The molecule has 0 aliphatic heterocycles. The molecular formula is C19H27N3O4. The number of carbonyl (C=O) groups excluding carboxylic acids is 2. The number of nitrogens with one attached hydrogen (secondary N) is 3. The Balaban J connectivity index is 1.93. The molecule has 7 nitrogen and oxygen atoms in total. The van der Waals surface area contributed by atoms with Gasteiger partial charge in [0.15, 0.2) is 0 Å². The molecule has 0 aromatic heterocycles. The van der Waals surface area contributed by atoms with Gasteiger partial charge in [0.2, 0.25) is 0 Å². The first-order chi connectivity index (χ1) is 12.3. The minimum atomic E-state index is -0.857. The van der Waals surface area contributed by atoms with E-state index in [0.29, 0.717) is 24.1 Å². The van der Waals surface area contributed by atoms with Crippen LogP contribution in [0.15, 0.2) is 24.3 Å². The molecule has 2 rings (SSSR count). The van der Waals surface area contributed by atoms with Crippen molar-refractivity contribution in [2.45, 2.75) is 52.0 Å². The number of hydrogen-bond donors (Lipinski definition) is 4. The first kappa shape index (κ1) is 19.8. The second-order valence-electron chi connectivity index (χ2n) is 7.16. The largest absolute Gasteiger partial charge is 0.481 e. The second kappa shape index (κ2) is 8.69. The van der Waals surface area contributed by atoms with Crippen LogP contribution in [0, 0.1) is 5.41 Å². The number of anilines is 1. The Morgan fingerprint density at radius 3 is 2.23 bits per heavy atom. The molecule has 0 atom stereocenters. The molecule has 0 spiro atoms. The van der Waals surface area contributed by atoms with Crippen LogP contribution >= 0.6 is 0 Å². The number of carboxylic acid groups (broad SMARTS) is 1. The molecule has 0 bridgehead atoms. The Kier molecular flexibility index (Phi) is 6.60. The van der Waals surface area contributed by atoms with Gasteiger partial charge in [0.05, 0.1) is 5.41 Å². The number of aliphatic carboxylic acids is 1. The van der Waals surface area contributed by atoms with E-state index in [-0.39, 0.29) is 24.5 Å². The fourth-order valence-electron chi connectivity index (χ4n) is 3.18. The molecule has 3 amide bonds. The van der Waals surface area contributed by atoms with Gasteiger partial charge in [0.25, 0.3) is 5.91 Å². The molecule has 1 fully saturated rings. The summed E-state index contributed by atoms with van der Waals surface area (Å²) < 4.78 is 0. The van der Waals surface area contributed by atoms with Gasteiger partial charge in [-0.25, -0.2) is 4.79 Å². The number of rotatable bonds is 6. The molecule has 1 aliphatic carbocycles. The van der Waals surface area contributed by atoms with Crippen LogP contribution in [0.3, 0.4) is 0 Å². The first-order valence-corrected chi connectivity index (χ1v) is 9.01. The number of hydrogen-bond acceptors (Lipinski definition) is 3. The Morgan fingerprint density at radius 1 is 1.08 bits per heavy atom. The van der Waals surface area contributed by atoms with Crippen molar-refractivity contribution in [1.29, 1.82) is 0 Å². The van der Waals surface area contributed by atoms with Crippen molar-refractivity contribution in [3.63, 3.8) is 0 Å². The Bertz CT molecular complexity index is 649. The minimum Gasteiger partial charge on any atom is -0.481 e. The summed E-state index contributed by atoms with van der Waals surface area (Å²) in [7, 11) is 0. The lowest BCUT2D eigenvalue weighted by Gasteiger charge is -2.33. The number of carboxylic acids is 1. The fraction of sp³-hybridized carbons (Fsp3) is 0.526. The lowest BCUT2D eigenvalue weighted by atomic mass is 9.74. The van der Waals surface area contributed by atoms with Crippen molar-refractivity contribution < 1.29 is 19.5 Å². The third-order valence-corrected chi connectivity index (χ3v) is 4.68. The Morgan fingerprint density at radius 2 is 1.69 bits per heavy atom. The van der Waals surface area contributed by atoms with Crippen molar-refractivity contribution >= 4 is 23.6 Å². The summed E-state index contributed by atoms with van der Waals surface area (Å²) in [5.41, 5.74) is 0.148. The van der Waals surface area contributed by atoms with E-state index in [1.807, 2.05) is 13.8 Å². The summed E-state index contributed by atoms with van der Waals surface area (Å²) in [6, 6.07) is 6.22. The molecule has 1 saturated carbocycles. The van der Waals surface area contributed by atoms with E-state index in [4.69, 9.17) is 0 Å². The van der Waals surface area contributed by atoms with E-state index in [1.54, 1.807) is 24.3 Å². The topological polar surface area (TPSA) is 108 Å². The molecule has 1 aliphatic rings. The summed E-state index contributed by atoms with van der Waals surface area (Å²) in [5, 5.41) is 17.7. The van der Waals surface area contributed by atoms with Gasteiger partial charge in [-0.3, -0.25) is 9.59 Å². The lowest BCUT2D eigenvalue weighted by molar-refractivity contribution is -0.150. The van der Waals surface area contributed by atoms with Crippen LogP contribution in [0.4, 0.5) is 10.5 Å². The van der Waals surface area contributed by atoms with Gasteiger partial charge >= 0.3 is 12.0 Å². The normalized spacial score (nSPS) is 16.0. The molecule has 0 saturated heterocycles. The van der Waals surface area contributed by atoms with Gasteiger partial charge in [-0.05, 0) is 51.0 Å². The maximum absolute atomic E-state index is 12.3. The van der Waals surface area contributed by atoms with Crippen LogP contribution in [0.25, 0.3) is 0 Å². The molecule has 26 heavy (non-hydrogen) atoms. The average molecular weight is 361 g/mol. The molecular weight excluding hydrogens is 334 g/mol. The molecule has 1 aromatic rings. The van der Waals surface area contributed by atoms with E-state index in [1.165, 1.54) is 0 Å². The van der Waals surface area contributed by atoms with Crippen LogP contribution in [-0.4, -0.2) is 35.6 Å². The van der Waals surface area contributed by atoms with Crippen molar-refractivity contribution in [2.24, 2.45) is 5.41 Å². The van der Waals surface area contributed by atoms with Crippen LogP contribution in [0.2, 0.25) is 0 Å². The van der Waals surface area contributed by atoms with E-state index < -0.39 is 11.4 Å². The summed E-state index contributed by atoms with van der Waals surface area (Å²) in [4.78, 5) is 35.6. The van der Waals surface area contributed by atoms with Gasteiger partial charge in [-0.2, -0.15) is 0 Å². The number of benzene rings is 1. The average Bonchev–Trinajstić information content (AvgIpc) is 2.60. The van der Waals surface area contributed by atoms with E-state index in [0.717, 1.165) is 19.3 Å². The van der Waals surface area contributed by atoms with Crippen LogP contribution in [0.5, 0.6) is 0 Å². The lowest BCUT2D eigenvalue weighted by Crippen LogP contribution is -2.44. The van der Waals surface area contributed by atoms with Crippen molar-refractivity contribution in [3.8, 4) is 0 Å². The molecule has 0 unspecified atom stereocenters. The quantitative estimate of drug-likeness (QED) is 0.625. The Hall–Kier alpha value is -2.57. The Labute approximate surface area is 153 Å². The predicted molar refractivity (Wildman–Crippen MR) is 99.2 cm³/mol. The second-order valence-corrected chi connectivity index (χ2v) is 7.16. The summed E-state index contributed by atoms with van der Waals surface area (Å²) in [6.45, 7) is 3.87. The van der Waals surface area contributed by atoms with Crippen molar-refractivity contribution in [1.82, 2.24) is 10.6 Å². The van der Waals surface area contributed by atoms with Crippen molar-refractivity contribution in [2.75, 3.05) is 11.9 Å². The maximum Gasteiger partial charge on any atom is 0.319 e. The zero-order valence-corrected chi connectivity index (χ0v) is 15.3. The first-order valence-electron chi connectivity index (χ1n) is 9.01. The van der Waals surface area contributed by atoms with Crippen LogP contribution < -0.4 is 16.0 Å². The van der Waals surface area contributed by atoms with E-state index in [2.05, 4.69) is 16.0 Å². The molecule has 142 valence electrons. The highest BCUT2D eigenvalue weighted by Gasteiger charge is 2.39. The van der Waals surface area contributed by atoms with E-state index in [9.17, 15) is 19.5 Å². The fourth-order valence-corrected chi connectivity index (χ4v) is 3.18. The van der Waals surface area contributed by atoms with Gasteiger partial charge in [0, 0.05) is 23.8 Å².